The molecule has 1 aromatic carbocycles. The second kappa shape index (κ2) is 5.19. The quantitative estimate of drug-likeness (QED) is 0.833. The van der Waals surface area contributed by atoms with Crippen molar-refractivity contribution in [3.63, 3.8) is 0 Å². The minimum Gasteiger partial charge on any atom is -0.490 e. The van der Waals surface area contributed by atoms with Gasteiger partial charge in [0.1, 0.15) is 5.75 Å². The second-order valence-corrected chi connectivity index (χ2v) is 4.41. The van der Waals surface area contributed by atoms with E-state index in [2.05, 4.69) is 0 Å². The molecule has 0 saturated heterocycles. The summed E-state index contributed by atoms with van der Waals surface area (Å²) in [5.41, 5.74) is 5.70. The average Bonchev–Trinajstić information content (AvgIpc) is 2.32. The van der Waals surface area contributed by atoms with E-state index in [1.807, 2.05) is 6.07 Å². The van der Waals surface area contributed by atoms with Gasteiger partial charge in [0.15, 0.2) is 0 Å². The van der Waals surface area contributed by atoms with Crippen LogP contribution < -0.4 is 10.5 Å². The van der Waals surface area contributed by atoms with Gasteiger partial charge < -0.3 is 15.6 Å². The summed E-state index contributed by atoms with van der Waals surface area (Å²) in [4.78, 5) is 11.2. The van der Waals surface area contributed by atoms with E-state index in [0.29, 0.717) is 11.3 Å². The number of ether oxygens (including phenoxy) is 1. The number of para-hydroxylation sites is 1. The highest BCUT2D eigenvalue weighted by Crippen LogP contribution is 2.25. The Labute approximate surface area is 100 Å². The third-order valence-corrected chi connectivity index (χ3v) is 3.09. The number of aliphatic hydroxyl groups is 1. The van der Waals surface area contributed by atoms with Crippen molar-refractivity contribution in [1.29, 1.82) is 0 Å². The molecule has 1 saturated carbocycles. The van der Waals surface area contributed by atoms with Gasteiger partial charge in [0, 0.05) is 0 Å². The number of benzene rings is 1. The Morgan fingerprint density at radius 1 is 1.24 bits per heavy atom. The van der Waals surface area contributed by atoms with Gasteiger partial charge in [0.05, 0.1) is 17.8 Å². The Morgan fingerprint density at radius 2 is 1.88 bits per heavy atom. The van der Waals surface area contributed by atoms with Gasteiger partial charge >= 0.3 is 0 Å². The predicted octanol–water partition coefficient (Wildman–Crippen LogP) is 1.47. The zero-order chi connectivity index (χ0) is 12.3. The fourth-order valence-electron chi connectivity index (χ4n) is 2.12. The molecule has 0 atom stereocenters. The van der Waals surface area contributed by atoms with Gasteiger partial charge in [-0.2, -0.15) is 0 Å². The van der Waals surface area contributed by atoms with Crippen molar-refractivity contribution < 1.29 is 14.6 Å². The van der Waals surface area contributed by atoms with Gasteiger partial charge in [-0.3, -0.25) is 4.79 Å². The van der Waals surface area contributed by atoms with Gasteiger partial charge in [-0.25, -0.2) is 0 Å². The van der Waals surface area contributed by atoms with Crippen LogP contribution >= 0.6 is 0 Å². The molecule has 4 nitrogen and oxygen atoms in total. The zero-order valence-electron chi connectivity index (χ0n) is 9.63. The normalized spacial score (nSPS) is 24.3. The zero-order valence-corrected chi connectivity index (χ0v) is 9.63. The molecule has 17 heavy (non-hydrogen) atoms. The Morgan fingerprint density at radius 3 is 2.53 bits per heavy atom. The number of primary amides is 1. The summed E-state index contributed by atoms with van der Waals surface area (Å²) >= 11 is 0. The molecular formula is C13H17NO3. The number of hydrogen-bond acceptors (Lipinski definition) is 3. The van der Waals surface area contributed by atoms with Gasteiger partial charge in [0.25, 0.3) is 5.91 Å². The van der Waals surface area contributed by atoms with E-state index in [4.69, 9.17) is 10.5 Å². The van der Waals surface area contributed by atoms with Gasteiger partial charge in [-0.05, 0) is 37.8 Å². The summed E-state index contributed by atoms with van der Waals surface area (Å²) in [6.07, 6.45) is 3.00. The number of aliphatic hydroxyl groups excluding tert-OH is 1. The van der Waals surface area contributed by atoms with Gasteiger partial charge in [0.2, 0.25) is 0 Å². The minimum atomic E-state index is -0.476. The Hall–Kier alpha value is -1.55. The van der Waals surface area contributed by atoms with Crippen molar-refractivity contribution in [2.45, 2.75) is 37.9 Å². The third kappa shape index (κ3) is 2.97. The molecule has 92 valence electrons. The molecule has 1 aromatic rings. The molecule has 0 unspecified atom stereocenters. The number of rotatable bonds is 3. The highest BCUT2D eigenvalue weighted by atomic mass is 16.5. The largest absolute Gasteiger partial charge is 0.490 e. The molecular weight excluding hydrogens is 218 g/mol. The lowest BCUT2D eigenvalue weighted by atomic mass is 9.95. The van der Waals surface area contributed by atoms with Crippen molar-refractivity contribution in [1.82, 2.24) is 0 Å². The van der Waals surface area contributed by atoms with Gasteiger partial charge in [-0.1, -0.05) is 12.1 Å². The highest BCUT2D eigenvalue weighted by Gasteiger charge is 2.21. The molecule has 0 aliphatic heterocycles. The highest BCUT2D eigenvalue weighted by molar-refractivity contribution is 5.95. The molecule has 1 fully saturated rings. The number of amides is 1. The summed E-state index contributed by atoms with van der Waals surface area (Å²) in [6.45, 7) is 0. The van der Waals surface area contributed by atoms with Crippen LogP contribution in [0.25, 0.3) is 0 Å². The van der Waals surface area contributed by atoms with Crippen LogP contribution in [0.2, 0.25) is 0 Å². The van der Waals surface area contributed by atoms with Crippen molar-refractivity contribution in [3.05, 3.63) is 29.8 Å². The standard InChI is InChI=1S/C13H17NO3/c14-13(16)11-3-1-2-4-12(11)17-10-7-5-9(15)6-8-10/h1-4,9-10,15H,5-8H2,(H2,14,16). The number of nitrogens with two attached hydrogens (primary N) is 1. The summed E-state index contributed by atoms with van der Waals surface area (Å²) in [7, 11) is 0. The lowest BCUT2D eigenvalue weighted by Crippen LogP contribution is -2.27. The minimum absolute atomic E-state index is 0.0684. The van der Waals surface area contributed by atoms with Gasteiger partial charge in [-0.15, -0.1) is 0 Å². The first-order valence-electron chi connectivity index (χ1n) is 5.90. The number of carbonyl (C=O) groups is 1. The van der Waals surface area contributed by atoms with Crippen LogP contribution in [-0.4, -0.2) is 23.2 Å². The fourth-order valence-corrected chi connectivity index (χ4v) is 2.12. The summed E-state index contributed by atoms with van der Waals surface area (Å²) < 4.78 is 5.78. The maximum absolute atomic E-state index is 11.2. The molecule has 0 heterocycles. The summed E-state index contributed by atoms with van der Waals surface area (Å²) in [5.74, 6) is 0.0674. The first kappa shape index (κ1) is 11.9. The average molecular weight is 235 g/mol. The van der Waals surface area contributed by atoms with Crippen molar-refractivity contribution in [2.75, 3.05) is 0 Å². The first-order valence-corrected chi connectivity index (χ1v) is 5.90. The summed E-state index contributed by atoms with van der Waals surface area (Å²) in [5, 5.41) is 9.41. The monoisotopic (exact) mass is 235 g/mol. The first-order chi connectivity index (χ1) is 8.16. The second-order valence-electron chi connectivity index (χ2n) is 4.41. The third-order valence-electron chi connectivity index (χ3n) is 3.09. The smallest absolute Gasteiger partial charge is 0.252 e. The van der Waals surface area contributed by atoms with E-state index in [1.165, 1.54) is 0 Å². The van der Waals surface area contributed by atoms with E-state index in [0.717, 1.165) is 25.7 Å². The Balaban J connectivity index is 2.05. The van der Waals surface area contributed by atoms with Crippen LogP contribution in [0.3, 0.4) is 0 Å². The van der Waals surface area contributed by atoms with E-state index >= 15 is 0 Å². The molecule has 2 rings (SSSR count). The molecule has 1 aliphatic rings. The molecule has 0 radical (unpaired) electrons. The predicted molar refractivity (Wildman–Crippen MR) is 63.9 cm³/mol. The number of carbonyl (C=O) groups excluding carboxylic acids is 1. The Bertz CT molecular complexity index is 397. The van der Waals surface area contributed by atoms with Crippen LogP contribution in [0, 0.1) is 0 Å². The Kier molecular flexibility index (Phi) is 3.64. The van der Waals surface area contributed by atoms with E-state index < -0.39 is 5.91 Å². The lowest BCUT2D eigenvalue weighted by molar-refractivity contribution is 0.0656. The van der Waals surface area contributed by atoms with Crippen LogP contribution in [0.15, 0.2) is 24.3 Å². The van der Waals surface area contributed by atoms with Crippen LogP contribution in [-0.2, 0) is 0 Å². The topological polar surface area (TPSA) is 72.6 Å². The fraction of sp³-hybridized carbons (Fsp3) is 0.462. The van der Waals surface area contributed by atoms with E-state index in [1.54, 1.807) is 18.2 Å². The van der Waals surface area contributed by atoms with Crippen LogP contribution in [0.1, 0.15) is 36.0 Å². The van der Waals surface area contributed by atoms with Crippen molar-refractivity contribution in [3.8, 4) is 5.75 Å². The lowest BCUT2D eigenvalue weighted by Gasteiger charge is -2.26. The number of hydrogen-bond donors (Lipinski definition) is 2. The van der Waals surface area contributed by atoms with Crippen LogP contribution in [0.4, 0.5) is 0 Å². The molecule has 0 aromatic heterocycles. The van der Waals surface area contributed by atoms with E-state index in [-0.39, 0.29) is 12.2 Å². The molecule has 0 bridgehead atoms. The van der Waals surface area contributed by atoms with E-state index in [9.17, 15) is 9.90 Å². The maximum atomic E-state index is 11.2. The molecule has 3 N–H and O–H groups in total. The van der Waals surface area contributed by atoms with Crippen LogP contribution in [0.5, 0.6) is 5.75 Å². The molecule has 0 spiro atoms. The van der Waals surface area contributed by atoms with Crippen molar-refractivity contribution >= 4 is 5.91 Å². The molecule has 4 heteroatoms. The maximum Gasteiger partial charge on any atom is 0.252 e. The van der Waals surface area contributed by atoms with Crippen molar-refractivity contribution in [2.24, 2.45) is 5.73 Å². The summed E-state index contributed by atoms with van der Waals surface area (Å²) in [6, 6.07) is 7.00. The SMILES string of the molecule is NC(=O)c1ccccc1OC1CCC(O)CC1. The molecule has 1 amide bonds. The molecule has 1 aliphatic carbocycles.